The highest BCUT2D eigenvalue weighted by Gasteiger charge is 2.43. The first-order chi connectivity index (χ1) is 13.2. The van der Waals surface area contributed by atoms with Crippen LogP contribution in [0.1, 0.15) is 41.7 Å². The summed E-state index contributed by atoms with van der Waals surface area (Å²) in [4.78, 5) is 14.2. The molecule has 1 amide bonds. The van der Waals surface area contributed by atoms with Gasteiger partial charge < -0.3 is 0 Å². The largest absolute Gasteiger partial charge is 0.300 e. The molecule has 140 valence electrons. The number of carbonyl (C=O) groups excluding carboxylic acids is 1. The molecule has 7 heteroatoms. The number of aryl methyl sites for hydroxylation is 1. The Bertz CT molecular complexity index is 897. The van der Waals surface area contributed by atoms with Crippen molar-refractivity contribution in [3.63, 3.8) is 0 Å². The lowest BCUT2D eigenvalue weighted by molar-refractivity contribution is -0.121. The number of thiophene rings is 1. The molecular weight excluding hydrogens is 394 g/mol. The van der Waals surface area contributed by atoms with Gasteiger partial charge in [-0.15, -0.1) is 21.5 Å². The van der Waals surface area contributed by atoms with Crippen LogP contribution in [0.3, 0.4) is 0 Å². The van der Waals surface area contributed by atoms with Crippen molar-refractivity contribution in [3.05, 3.63) is 57.8 Å². The van der Waals surface area contributed by atoms with Gasteiger partial charge in [0.2, 0.25) is 11.0 Å². The first kappa shape index (κ1) is 18.7. The molecular formula is C20H21N3OS3. The first-order valence-electron chi connectivity index (χ1n) is 9.03. The molecule has 1 aliphatic rings. The molecule has 27 heavy (non-hydrogen) atoms. The maximum absolute atomic E-state index is 13.1. The van der Waals surface area contributed by atoms with Crippen molar-refractivity contribution in [2.75, 3.05) is 5.32 Å². The first-order valence-corrected chi connectivity index (χ1v) is 11.7. The Morgan fingerprint density at radius 3 is 2.67 bits per heavy atom. The van der Waals surface area contributed by atoms with E-state index in [9.17, 15) is 4.79 Å². The summed E-state index contributed by atoms with van der Waals surface area (Å²) >= 11 is 4.77. The van der Waals surface area contributed by atoms with E-state index in [1.54, 1.807) is 23.1 Å². The number of thioether (sulfide) groups is 1. The van der Waals surface area contributed by atoms with Crippen LogP contribution in [0.2, 0.25) is 0 Å². The summed E-state index contributed by atoms with van der Waals surface area (Å²) in [5.74, 6) is 0.913. The number of nitrogens with zero attached hydrogens (tertiary/aromatic N) is 2. The van der Waals surface area contributed by atoms with Gasteiger partial charge in [-0.25, -0.2) is 0 Å². The van der Waals surface area contributed by atoms with Crippen LogP contribution < -0.4 is 5.32 Å². The highest BCUT2D eigenvalue weighted by molar-refractivity contribution is 8.00. The van der Waals surface area contributed by atoms with Gasteiger partial charge >= 0.3 is 0 Å². The number of nitrogens with one attached hydrogen (secondary N) is 1. The quantitative estimate of drug-likeness (QED) is 0.417. The van der Waals surface area contributed by atoms with Crippen LogP contribution >= 0.6 is 34.4 Å². The summed E-state index contributed by atoms with van der Waals surface area (Å²) in [6.45, 7) is 2.09. The number of benzene rings is 1. The standard InChI is InChI=1S/C20H21N3OS3/c1-14-6-8-15(9-7-14)13-26-19-23-22-18(27-19)21-17(24)20(10-2-3-11-20)16-5-4-12-25-16/h4-9,12H,2-3,10-11,13H2,1H3,(H,21,22,24). The number of amides is 1. The zero-order valence-electron chi connectivity index (χ0n) is 15.1. The Balaban J connectivity index is 1.41. The molecule has 1 fully saturated rings. The smallest absolute Gasteiger partial charge is 0.237 e. The molecule has 2 heterocycles. The van der Waals surface area contributed by atoms with Gasteiger partial charge in [-0.1, -0.05) is 71.8 Å². The SMILES string of the molecule is Cc1ccc(CSc2nnc(NC(=O)C3(c4cccs4)CCCC3)s2)cc1. The Hall–Kier alpha value is -1.70. The van der Waals surface area contributed by atoms with E-state index in [2.05, 4.69) is 52.8 Å². The molecule has 1 saturated carbocycles. The van der Waals surface area contributed by atoms with E-state index in [-0.39, 0.29) is 5.91 Å². The molecule has 1 N–H and O–H groups in total. The lowest BCUT2D eigenvalue weighted by Crippen LogP contribution is -2.37. The second kappa shape index (κ2) is 8.12. The van der Waals surface area contributed by atoms with Crippen molar-refractivity contribution < 1.29 is 4.79 Å². The number of carbonyl (C=O) groups is 1. The third kappa shape index (κ3) is 4.10. The lowest BCUT2D eigenvalue weighted by atomic mass is 9.83. The fourth-order valence-corrected chi connectivity index (χ4v) is 6.17. The average molecular weight is 416 g/mol. The normalized spacial score (nSPS) is 15.7. The van der Waals surface area contributed by atoms with E-state index >= 15 is 0 Å². The predicted octanol–water partition coefficient (Wildman–Crippen LogP) is 5.65. The van der Waals surface area contributed by atoms with Crippen LogP contribution in [-0.4, -0.2) is 16.1 Å². The predicted molar refractivity (Wildman–Crippen MR) is 114 cm³/mol. The average Bonchev–Trinajstić information content (AvgIpc) is 3.42. The van der Waals surface area contributed by atoms with Gasteiger partial charge in [-0.3, -0.25) is 10.1 Å². The zero-order valence-corrected chi connectivity index (χ0v) is 17.6. The molecule has 4 nitrogen and oxygen atoms in total. The van der Waals surface area contributed by atoms with Crippen LogP contribution in [0.15, 0.2) is 46.1 Å². The number of anilines is 1. The second-order valence-corrected chi connectivity index (χ2v) is 10.0. The van der Waals surface area contributed by atoms with Gasteiger partial charge in [0.05, 0.1) is 5.41 Å². The highest BCUT2D eigenvalue weighted by Crippen LogP contribution is 2.44. The summed E-state index contributed by atoms with van der Waals surface area (Å²) in [6.07, 6.45) is 4.01. The molecule has 0 radical (unpaired) electrons. The van der Waals surface area contributed by atoms with Crippen molar-refractivity contribution in [1.29, 1.82) is 0 Å². The minimum absolute atomic E-state index is 0.0636. The molecule has 0 unspecified atom stereocenters. The van der Waals surface area contributed by atoms with E-state index in [1.807, 2.05) is 11.4 Å². The summed E-state index contributed by atoms with van der Waals surface area (Å²) in [5.41, 5.74) is 2.12. The van der Waals surface area contributed by atoms with Crippen LogP contribution in [0.4, 0.5) is 5.13 Å². The second-order valence-electron chi connectivity index (χ2n) is 6.87. The Morgan fingerprint density at radius 2 is 1.96 bits per heavy atom. The third-order valence-corrected chi connectivity index (χ3v) is 8.11. The van der Waals surface area contributed by atoms with E-state index < -0.39 is 5.41 Å². The van der Waals surface area contributed by atoms with Crippen molar-refractivity contribution in [3.8, 4) is 0 Å². The van der Waals surface area contributed by atoms with E-state index in [0.717, 1.165) is 40.7 Å². The zero-order chi connectivity index (χ0) is 18.7. The van der Waals surface area contributed by atoms with Crippen LogP contribution in [0, 0.1) is 6.92 Å². The Morgan fingerprint density at radius 1 is 1.19 bits per heavy atom. The molecule has 0 saturated heterocycles. The number of rotatable bonds is 6. The third-order valence-electron chi connectivity index (χ3n) is 4.99. The van der Waals surface area contributed by atoms with Crippen molar-refractivity contribution in [2.45, 2.75) is 48.1 Å². The molecule has 0 atom stereocenters. The molecule has 0 spiro atoms. The van der Waals surface area contributed by atoms with E-state index in [1.165, 1.54) is 22.5 Å². The summed E-state index contributed by atoms with van der Waals surface area (Å²) in [5, 5.41) is 14.1. The van der Waals surface area contributed by atoms with Gasteiger partial charge in [0.25, 0.3) is 0 Å². The van der Waals surface area contributed by atoms with Crippen molar-refractivity contribution in [1.82, 2.24) is 10.2 Å². The minimum Gasteiger partial charge on any atom is -0.300 e. The summed E-state index contributed by atoms with van der Waals surface area (Å²) in [6, 6.07) is 12.6. The number of aromatic nitrogens is 2. The molecule has 4 rings (SSSR count). The van der Waals surface area contributed by atoms with Gasteiger partial charge in [0.1, 0.15) is 0 Å². The van der Waals surface area contributed by atoms with Crippen molar-refractivity contribution in [2.24, 2.45) is 0 Å². The minimum atomic E-state index is -0.394. The fourth-order valence-electron chi connectivity index (χ4n) is 3.48. The highest BCUT2D eigenvalue weighted by atomic mass is 32.2. The number of hydrogen-bond acceptors (Lipinski definition) is 6. The molecule has 2 aromatic heterocycles. The summed E-state index contributed by atoms with van der Waals surface area (Å²) < 4.78 is 0.877. The van der Waals surface area contributed by atoms with Gasteiger partial charge in [-0.05, 0) is 36.8 Å². The molecule has 3 aromatic rings. The maximum atomic E-state index is 13.1. The molecule has 0 aliphatic heterocycles. The van der Waals surface area contributed by atoms with Crippen LogP contribution in [0.25, 0.3) is 0 Å². The van der Waals surface area contributed by atoms with Crippen LogP contribution in [0.5, 0.6) is 0 Å². The lowest BCUT2D eigenvalue weighted by Gasteiger charge is -2.25. The van der Waals surface area contributed by atoms with E-state index in [4.69, 9.17) is 0 Å². The van der Waals surface area contributed by atoms with Gasteiger partial charge in [-0.2, -0.15) is 0 Å². The fraction of sp³-hybridized carbons (Fsp3) is 0.350. The molecule has 1 aromatic carbocycles. The molecule has 1 aliphatic carbocycles. The van der Waals surface area contributed by atoms with Crippen LogP contribution in [-0.2, 0) is 16.0 Å². The van der Waals surface area contributed by atoms with Crippen molar-refractivity contribution >= 4 is 45.5 Å². The monoisotopic (exact) mass is 415 g/mol. The van der Waals surface area contributed by atoms with Gasteiger partial charge in [0.15, 0.2) is 4.34 Å². The Labute approximate surface area is 171 Å². The molecule has 0 bridgehead atoms. The topological polar surface area (TPSA) is 54.9 Å². The van der Waals surface area contributed by atoms with Gasteiger partial charge in [0, 0.05) is 10.6 Å². The summed E-state index contributed by atoms with van der Waals surface area (Å²) in [7, 11) is 0. The van der Waals surface area contributed by atoms with E-state index in [0.29, 0.717) is 5.13 Å². The number of hydrogen-bond donors (Lipinski definition) is 1. The Kier molecular flexibility index (Phi) is 5.61. The maximum Gasteiger partial charge on any atom is 0.237 e.